The average molecular weight is 192 g/mol. The first-order chi connectivity index (χ1) is 6.79. The quantitative estimate of drug-likeness (QED) is 0.684. The lowest BCUT2D eigenvalue weighted by molar-refractivity contribution is 0.200. The minimum absolute atomic E-state index is 0.409. The fraction of sp³-hybridized carbons (Fsp3) is 0.917. The topological polar surface area (TPSA) is 27.0 Å². The van der Waals surface area contributed by atoms with Crippen molar-refractivity contribution < 1.29 is 0 Å². The third kappa shape index (κ3) is 1.93. The van der Waals surface area contributed by atoms with Crippen LogP contribution in [0.5, 0.6) is 0 Å². The summed E-state index contributed by atoms with van der Waals surface area (Å²) in [5.74, 6) is 0. The van der Waals surface area contributed by atoms with Crippen LogP contribution in [0.25, 0.3) is 0 Å². The first kappa shape index (κ1) is 9.98. The van der Waals surface area contributed by atoms with Crippen LogP contribution in [-0.4, -0.2) is 24.0 Å². The molecule has 1 saturated carbocycles. The molecular formula is C12H20N2. The molecular weight excluding hydrogens is 172 g/mol. The average Bonchev–Trinajstić information content (AvgIpc) is 2.79. The summed E-state index contributed by atoms with van der Waals surface area (Å²) in [6.07, 6.45) is 7.36. The largest absolute Gasteiger partial charge is 0.300 e. The maximum Gasteiger partial charge on any atom is 0.0628 e. The second kappa shape index (κ2) is 3.90. The number of nitriles is 1. The molecule has 2 heteroatoms. The number of nitrogens with zero attached hydrogens (tertiary/aromatic N) is 2. The van der Waals surface area contributed by atoms with Crippen LogP contribution in [0.4, 0.5) is 0 Å². The standard InChI is InChI=1S/C12H20N2/c1-2-11-4-3-9-14(11)10-12(5-6-12)7-8-13/h11H,2-7,9-10H2,1H3. The van der Waals surface area contributed by atoms with Crippen LogP contribution in [0.2, 0.25) is 0 Å². The van der Waals surface area contributed by atoms with Crippen LogP contribution < -0.4 is 0 Å². The fourth-order valence-electron chi connectivity index (χ4n) is 2.73. The summed E-state index contributed by atoms with van der Waals surface area (Å²) in [5.41, 5.74) is 0.409. The van der Waals surface area contributed by atoms with Crippen molar-refractivity contribution in [1.29, 1.82) is 5.26 Å². The van der Waals surface area contributed by atoms with Crippen molar-refractivity contribution >= 4 is 0 Å². The Balaban J connectivity index is 1.88. The van der Waals surface area contributed by atoms with Gasteiger partial charge in [0.25, 0.3) is 0 Å². The van der Waals surface area contributed by atoms with Crippen LogP contribution in [0, 0.1) is 16.7 Å². The molecule has 0 bridgehead atoms. The number of rotatable bonds is 4. The zero-order valence-electron chi connectivity index (χ0n) is 9.13. The molecule has 0 aromatic carbocycles. The van der Waals surface area contributed by atoms with Crippen LogP contribution in [0.3, 0.4) is 0 Å². The smallest absolute Gasteiger partial charge is 0.0628 e. The molecule has 0 spiro atoms. The van der Waals surface area contributed by atoms with Gasteiger partial charge in [0.05, 0.1) is 6.07 Å². The van der Waals surface area contributed by atoms with Gasteiger partial charge in [-0.25, -0.2) is 0 Å². The van der Waals surface area contributed by atoms with Crippen LogP contribution >= 0.6 is 0 Å². The summed E-state index contributed by atoms with van der Waals surface area (Å²) < 4.78 is 0. The molecule has 0 aromatic rings. The van der Waals surface area contributed by atoms with Crippen molar-refractivity contribution in [2.24, 2.45) is 5.41 Å². The molecule has 0 N–H and O–H groups in total. The third-order valence-corrected chi connectivity index (χ3v) is 3.92. The number of likely N-dealkylation sites (tertiary alicyclic amines) is 1. The SMILES string of the molecule is CCC1CCCN1CC1(CC#N)CC1. The van der Waals surface area contributed by atoms with Gasteiger partial charge in [-0.15, -0.1) is 0 Å². The van der Waals surface area contributed by atoms with Crippen LogP contribution in [0.15, 0.2) is 0 Å². The van der Waals surface area contributed by atoms with Gasteiger partial charge in [0, 0.05) is 19.0 Å². The first-order valence-corrected chi connectivity index (χ1v) is 5.91. The minimum atomic E-state index is 0.409. The molecule has 1 aliphatic heterocycles. The summed E-state index contributed by atoms with van der Waals surface area (Å²) >= 11 is 0. The third-order valence-electron chi connectivity index (χ3n) is 3.92. The summed E-state index contributed by atoms with van der Waals surface area (Å²) in [5, 5.41) is 8.77. The van der Waals surface area contributed by atoms with Gasteiger partial charge in [0.2, 0.25) is 0 Å². The molecule has 2 aliphatic rings. The van der Waals surface area contributed by atoms with Gasteiger partial charge >= 0.3 is 0 Å². The lowest BCUT2D eigenvalue weighted by atomic mass is 10.0. The van der Waals surface area contributed by atoms with Gasteiger partial charge in [0.15, 0.2) is 0 Å². The summed E-state index contributed by atoms with van der Waals surface area (Å²) in [6, 6.07) is 3.16. The van der Waals surface area contributed by atoms with Crippen molar-refractivity contribution in [3.05, 3.63) is 0 Å². The zero-order chi connectivity index (χ0) is 10.0. The van der Waals surface area contributed by atoms with E-state index in [9.17, 15) is 0 Å². The summed E-state index contributed by atoms with van der Waals surface area (Å²) in [7, 11) is 0. The maximum atomic E-state index is 8.77. The lowest BCUT2D eigenvalue weighted by Crippen LogP contribution is -2.34. The Morgan fingerprint density at radius 3 is 2.86 bits per heavy atom. The molecule has 1 atom stereocenters. The van der Waals surface area contributed by atoms with Gasteiger partial charge < -0.3 is 0 Å². The van der Waals surface area contributed by atoms with E-state index in [1.807, 2.05) is 0 Å². The van der Waals surface area contributed by atoms with Crippen molar-refractivity contribution in [3.63, 3.8) is 0 Å². The predicted octanol–water partition coefficient (Wildman–Crippen LogP) is 2.55. The molecule has 1 saturated heterocycles. The van der Waals surface area contributed by atoms with Crippen molar-refractivity contribution in [2.45, 2.75) is 51.5 Å². The highest BCUT2D eigenvalue weighted by Gasteiger charge is 2.44. The van der Waals surface area contributed by atoms with Gasteiger partial charge in [0.1, 0.15) is 0 Å². The fourth-order valence-corrected chi connectivity index (χ4v) is 2.73. The highest BCUT2D eigenvalue weighted by Crippen LogP contribution is 2.49. The molecule has 2 nitrogen and oxygen atoms in total. The molecule has 0 radical (unpaired) electrons. The van der Waals surface area contributed by atoms with Crippen molar-refractivity contribution in [1.82, 2.24) is 4.90 Å². The Labute approximate surface area is 86.9 Å². The van der Waals surface area contributed by atoms with E-state index in [1.54, 1.807) is 0 Å². The normalized spacial score (nSPS) is 30.1. The van der Waals surface area contributed by atoms with E-state index >= 15 is 0 Å². The van der Waals surface area contributed by atoms with Crippen LogP contribution in [0.1, 0.15) is 45.4 Å². The lowest BCUT2D eigenvalue weighted by Gasteiger charge is -2.27. The van der Waals surface area contributed by atoms with Crippen molar-refractivity contribution in [2.75, 3.05) is 13.1 Å². The molecule has 2 rings (SSSR count). The Kier molecular flexibility index (Phi) is 2.78. The maximum absolute atomic E-state index is 8.77. The first-order valence-electron chi connectivity index (χ1n) is 5.91. The monoisotopic (exact) mass is 192 g/mol. The highest BCUT2D eigenvalue weighted by molar-refractivity contribution is 5.02. The molecule has 0 aromatic heterocycles. The second-order valence-corrected chi connectivity index (χ2v) is 5.01. The molecule has 14 heavy (non-hydrogen) atoms. The van der Waals surface area contributed by atoms with Gasteiger partial charge in [-0.05, 0) is 44.1 Å². The highest BCUT2D eigenvalue weighted by atomic mass is 15.2. The molecule has 78 valence electrons. The van der Waals surface area contributed by atoms with Gasteiger partial charge in [-0.2, -0.15) is 5.26 Å². The van der Waals surface area contributed by atoms with Gasteiger partial charge in [-0.1, -0.05) is 6.92 Å². The molecule has 1 heterocycles. The Morgan fingerprint density at radius 2 is 2.29 bits per heavy atom. The molecule has 2 fully saturated rings. The second-order valence-electron chi connectivity index (χ2n) is 5.01. The Bertz CT molecular complexity index is 237. The summed E-state index contributed by atoms with van der Waals surface area (Å²) in [6.45, 7) is 4.75. The van der Waals surface area contributed by atoms with E-state index < -0.39 is 0 Å². The molecule has 1 unspecified atom stereocenters. The number of hydrogen-bond acceptors (Lipinski definition) is 2. The van der Waals surface area contributed by atoms with Gasteiger partial charge in [-0.3, -0.25) is 4.90 Å². The van der Waals surface area contributed by atoms with E-state index in [0.29, 0.717) is 5.41 Å². The van der Waals surface area contributed by atoms with E-state index in [1.165, 1.54) is 45.2 Å². The Morgan fingerprint density at radius 1 is 1.50 bits per heavy atom. The molecule has 0 amide bonds. The Hall–Kier alpha value is -0.550. The van der Waals surface area contributed by atoms with Crippen molar-refractivity contribution in [3.8, 4) is 6.07 Å². The van der Waals surface area contributed by atoms with E-state index in [-0.39, 0.29) is 0 Å². The van der Waals surface area contributed by atoms with Crippen LogP contribution in [-0.2, 0) is 0 Å². The van der Waals surface area contributed by atoms with E-state index in [2.05, 4.69) is 17.9 Å². The predicted molar refractivity (Wildman–Crippen MR) is 56.8 cm³/mol. The number of hydrogen-bond donors (Lipinski definition) is 0. The summed E-state index contributed by atoms with van der Waals surface area (Å²) in [4.78, 5) is 2.63. The zero-order valence-corrected chi connectivity index (χ0v) is 9.13. The molecule has 1 aliphatic carbocycles. The van der Waals surface area contributed by atoms with E-state index in [0.717, 1.165) is 12.5 Å². The van der Waals surface area contributed by atoms with E-state index in [4.69, 9.17) is 5.26 Å². The minimum Gasteiger partial charge on any atom is -0.300 e.